The zero-order chi connectivity index (χ0) is 13.4. The van der Waals surface area contributed by atoms with Gasteiger partial charge in [-0.05, 0) is 12.1 Å². The third kappa shape index (κ3) is 5.48. The van der Waals surface area contributed by atoms with Crippen LogP contribution in [0.2, 0.25) is 0 Å². The molecule has 0 bridgehead atoms. The van der Waals surface area contributed by atoms with E-state index in [-0.39, 0.29) is 30.6 Å². The second-order valence-corrected chi connectivity index (χ2v) is 4.65. The lowest BCUT2D eigenvalue weighted by Gasteiger charge is -2.10. The quantitative estimate of drug-likeness (QED) is 0.729. The Labute approximate surface area is 110 Å². The Morgan fingerprint density at radius 1 is 1.56 bits per heavy atom. The number of thioether (sulfide) groups is 1. The van der Waals surface area contributed by atoms with E-state index < -0.39 is 6.10 Å². The number of hydrogen-bond donors (Lipinski definition) is 2. The molecule has 1 rings (SSSR count). The lowest BCUT2D eigenvalue weighted by molar-refractivity contribution is -0.119. The van der Waals surface area contributed by atoms with E-state index in [1.165, 1.54) is 13.2 Å². The van der Waals surface area contributed by atoms with Crippen LogP contribution in [0.5, 0.6) is 0 Å². The highest BCUT2D eigenvalue weighted by Crippen LogP contribution is 2.20. The molecule has 0 aliphatic carbocycles. The van der Waals surface area contributed by atoms with Crippen LogP contribution < -0.4 is 5.32 Å². The standard InChI is InChI=1S/C12H16FNO3S/c1-17-7-9(15)6-14-12(16)8-18-11-5-3-2-4-10(11)13/h2-5,9,15H,6-8H2,1H3,(H,14,16). The largest absolute Gasteiger partial charge is 0.389 e. The number of methoxy groups -OCH3 is 1. The summed E-state index contributed by atoms with van der Waals surface area (Å²) in [5.41, 5.74) is 0. The molecule has 18 heavy (non-hydrogen) atoms. The first-order valence-electron chi connectivity index (χ1n) is 5.44. The summed E-state index contributed by atoms with van der Waals surface area (Å²) in [5, 5.41) is 11.9. The van der Waals surface area contributed by atoms with Crippen molar-refractivity contribution >= 4 is 17.7 Å². The average molecular weight is 273 g/mol. The minimum atomic E-state index is -0.725. The maximum atomic E-state index is 13.2. The van der Waals surface area contributed by atoms with Crippen molar-refractivity contribution in [2.45, 2.75) is 11.0 Å². The first kappa shape index (κ1) is 14.9. The number of ether oxygens (including phenoxy) is 1. The summed E-state index contributed by atoms with van der Waals surface area (Å²) in [5.74, 6) is -0.478. The lowest BCUT2D eigenvalue weighted by atomic mass is 10.3. The Balaban J connectivity index is 2.27. The fourth-order valence-electron chi connectivity index (χ4n) is 1.24. The van der Waals surface area contributed by atoms with E-state index in [0.29, 0.717) is 4.90 Å². The summed E-state index contributed by atoms with van der Waals surface area (Å²) >= 11 is 1.12. The number of rotatable bonds is 7. The summed E-state index contributed by atoms with van der Waals surface area (Å²) < 4.78 is 18.0. The van der Waals surface area contributed by atoms with Crippen molar-refractivity contribution in [2.75, 3.05) is 26.0 Å². The summed E-state index contributed by atoms with van der Waals surface area (Å²) in [7, 11) is 1.47. The van der Waals surface area contributed by atoms with Crippen LogP contribution in [0.25, 0.3) is 0 Å². The molecule has 0 fully saturated rings. The number of halogens is 1. The molecule has 2 N–H and O–H groups in total. The number of carbonyl (C=O) groups excluding carboxylic acids is 1. The van der Waals surface area contributed by atoms with Crippen molar-refractivity contribution in [2.24, 2.45) is 0 Å². The van der Waals surface area contributed by atoms with E-state index in [0.717, 1.165) is 11.8 Å². The van der Waals surface area contributed by atoms with Crippen molar-refractivity contribution in [3.05, 3.63) is 30.1 Å². The first-order chi connectivity index (χ1) is 8.63. The van der Waals surface area contributed by atoms with Gasteiger partial charge in [0.15, 0.2) is 0 Å². The first-order valence-corrected chi connectivity index (χ1v) is 6.43. The van der Waals surface area contributed by atoms with E-state index >= 15 is 0 Å². The van der Waals surface area contributed by atoms with Gasteiger partial charge in [0.2, 0.25) is 5.91 Å². The van der Waals surface area contributed by atoms with E-state index in [2.05, 4.69) is 5.32 Å². The Morgan fingerprint density at radius 2 is 2.28 bits per heavy atom. The monoisotopic (exact) mass is 273 g/mol. The molecule has 1 unspecified atom stereocenters. The number of amides is 1. The highest BCUT2D eigenvalue weighted by Gasteiger charge is 2.08. The van der Waals surface area contributed by atoms with Crippen LogP contribution in [0.1, 0.15) is 0 Å². The second-order valence-electron chi connectivity index (χ2n) is 3.63. The number of aliphatic hydroxyl groups excluding tert-OH is 1. The van der Waals surface area contributed by atoms with Gasteiger partial charge < -0.3 is 15.2 Å². The fraction of sp³-hybridized carbons (Fsp3) is 0.417. The van der Waals surface area contributed by atoms with Gasteiger partial charge in [0, 0.05) is 18.6 Å². The number of hydrogen-bond acceptors (Lipinski definition) is 4. The number of aliphatic hydroxyl groups is 1. The molecule has 6 heteroatoms. The molecule has 1 atom stereocenters. The molecular weight excluding hydrogens is 257 g/mol. The average Bonchev–Trinajstić information content (AvgIpc) is 2.36. The van der Waals surface area contributed by atoms with Crippen molar-refractivity contribution in [1.82, 2.24) is 5.32 Å². The van der Waals surface area contributed by atoms with Gasteiger partial charge >= 0.3 is 0 Å². The Morgan fingerprint density at radius 3 is 2.94 bits per heavy atom. The van der Waals surface area contributed by atoms with Crippen molar-refractivity contribution in [3.63, 3.8) is 0 Å². The smallest absolute Gasteiger partial charge is 0.230 e. The predicted octanol–water partition coefficient (Wildman–Crippen LogP) is 1.04. The van der Waals surface area contributed by atoms with E-state index in [1.807, 2.05) is 0 Å². The zero-order valence-corrected chi connectivity index (χ0v) is 10.9. The maximum absolute atomic E-state index is 13.2. The van der Waals surface area contributed by atoms with Crippen LogP contribution >= 0.6 is 11.8 Å². The van der Waals surface area contributed by atoms with Crippen LogP contribution in [-0.2, 0) is 9.53 Å². The molecule has 0 aliphatic rings. The van der Waals surface area contributed by atoms with Crippen molar-refractivity contribution in [1.29, 1.82) is 0 Å². The van der Waals surface area contributed by atoms with Gasteiger partial charge in [-0.15, -0.1) is 11.8 Å². The molecule has 1 amide bonds. The van der Waals surface area contributed by atoms with E-state index in [9.17, 15) is 14.3 Å². The Bertz CT molecular complexity index is 389. The molecule has 0 heterocycles. The maximum Gasteiger partial charge on any atom is 0.230 e. The molecule has 4 nitrogen and oxygen atoms in total. The molecule has 1 aromatic carbocycles. The Kier molecular flexibility index (Phi) is 6.70. The summed E-state index contributed by atoms with van der Waals surface area (Å²) in [6, 6.07) is 6.28. The second kappa shape index (κ2) is 8.07. The third-order valence-electron chi connectivity index (χ3n) is 2.09. The van der Waals surface area contributed by atoms with Gasteiger partial charge in [-0.1, -0.05) is 12.1 Å². The molecule has 0 saturated heterocycles. The molecule has 0 saturated carbocycles. The predicted molar refractivity (Wildman–Crippen MR) is 68.0 cm³/mol. The highest BCUT2D eigenvalue weighted by atomic mass is 32.2. The molecule has 0 spiro atoms. The lowest BCUT2D eigenvalue weighted by Crippen LogP contribution is -2.35. The van der Waals surface area contributed by atoms with Crippen molar-refractivity contribution in [3.8, 4) is 0 Å². The molecular formula is C12H16FNO3S. The molecule has 0 radical (unpaired) electrons. The van der Waals surface area contributed by atoms with Gasteiger partial charge in [0.25, 0.3) is 0 Å². The highest BCUT2D eigenvalue weighted by molar-refractivity contribution is 8.00. The van der Waals surface area contributed by atoms with Gasteiger partial charge in [0.05, 0.1) is 18.5 Å². The fourth-order valence-corrected chi connectivity index (χ4v) is 2.01. The molecule has 100 valence electrons. The number of carbonyl (C=O) groups is 1. The topological polar surface area (TPSA) is 58.6 Å². The summed E-state index contributed by atoms with van der Waals surface area (Å²) in [6.45, 7) is 0.297. The number of nitrogens with one attached hydrogen (secondary N) is 1. The van der Waals surface area contributed by atoms with Gasteiger partial charge in [-0.25, -0.2) is 4.39 Å². The van der Waals surface area contributed by atoms with Gasteiger partial charge in [-0.3, -0.25) is 4.79 Å². The van der Waals surface area contributed by atoms with E-state index in [4.69, 9.17) is 4.74 Å². The summed E-state index contributed by atoms with van der Waals surface area (Å²) in [4.78, 5) is 11.9. The SMILES string of the molecule is COCC(O)CNC(=O)CSc1ccccc1F. The van der Waals surface area contributed by atoms with Crippen molar-refractivity contribution < 1.29 is 19.0 Å². The van der Waals surface area contributed by atoms with Crippen LogP contribution in [0.3, 0.4) is 0 Å². The molecule has 0 aromatic heterocycles. The Hall–Kier alpha value is -1.11. The van der Waals surface area contributed by atoms with Crippen LogP contribution in [0.4, 0.5) is 4.39 Å². The summed E-state index contributed by atoms with van der Waals surface area (Å²) in [6.07, 6.45) is -0.725. The van der Waals surface area contributed by atoms with Gasteiger partial charge in [-0.2, -0.15) is 0 Å². The number of benzene rings is 1. The third-order valence-corrected chi connectivity index (χ3v) is 3.14. The van der Waals surface area contributed by atoms with E-state index in [1.54, 1.807) is 18.2 Å². The normalized spacial score (nSPS) is 12.2. The van der Waals surface area contributed by atoms with Crippen LogP contribution in [0.15, 0.2) is 29.2 Å². The van der Waals surface area contributed by atoms with Crippen LogP contribution in [-0.4, -0.2) is 43.1 Å². The molecule has 0 aliphatic heterocycles. The molecule has 1 aromatic rings. The van der Waals surface area contributed by atoms with Crippen LogP contribution in [0, 0.1) is 5.82 Å². The minimum Gasteiger partial charge on any atom is -0.389 e. The van der Waals surface area contributed by atoms with Gasteiger partial charge in [0.1, 0.15) is 5.82 Å². The zero-order valence-electron chi connectivity index (χ0n) is 10.1. The minimum absolute atomic E-state index is 0.112.